The molecule has 1 N–H and O–H groups in total. The monoisotopic (exact) mass is 235 g/mol. The molecule has 0 bridgehead atoms. The first-order chi connectivity index (χ1) is 8.30. The molecule has 17 heavy (non-hydrogen) atoms. The lowest BCUT2D eigenvalue weighted by Crippen LogP contribution is -2.13. The molecule has 1 aromatic carbocycles. The second-order valence-corrected chi connectivity index (χ2v) is 4.46. The van der Waals surface area contributed by atoms with Gasteiger partial charge in [0.15, 0.2) is 11.5 Å². The molecule has 0 atom stereocenters. The molecule has 1 aliphatic rings. The predicted molar refractivity (Wildman–Crippen MR) is 68.9 cm³/mol. The van der Waals surface area contributed by atoms with Crippen LogP contribution in [-0.4, -0.2) is 20.8 Å². The van der Waals surface area contributed by atoms with Crippen molar-refractivity contribution in [3.63, 3.8) is 0 Å². The van der Waals surface area contributed by atoms with Crippen molar-refractivity contribution in [1.29, 1.82) is 0 Å². The smallest absolute Gasteiger partial charge is 0.161 e. The van der Waals surface area contributed by atoms with Crippen molar-refractivity contribution in [2.75, 3.05) is 20.8 Å². The van der Waals surface area contributed by atoms with Gasteiger partial charge in [0.1, 0.15) is 0 Å². The van der Waals surface area contributed by atoms with E-state index < -0.39 is 0 Å². The van der Waals surface area contributed by atoms with E-state index in [-0.39, 0.29) is 0 Å². The lowest BCUT2D eigenvalue weighted by atomic mass is 10.0. The molecule has 0 spiro atoms. The Bertz CT molecular complexity index is 386. The highest BCUT2D eigenvalue weighted by molar-refractivity contribution is 5.49. The van der Waals surface area contributed by atoms with E-state index in [2.05, 4.69) is 24.4 Å². The number of methoxy groups -OCH3 is 2. The molecule has 1 aromatic rings. The Kier molecular flexibility index (Phi) is 3.89. The number of rotatable bonds is 6. The minimum Gasteiger partial charge on any atom is -0.493 e. The number of benzene rings is 1. The largest absolute Gasteiger partial charge is 0.493 e. The zero-order chi connectivity index (χ0) is 12.3. The molecule has 1 fully saturated rings. The summed E-state index contributed by atoms with van der Waals surface area (Å²) in [5.74, 6) is 2.39. The fourth-order valence-corrected chi connectivity index (χ4v) is 2.12. The van der Waals surface area contributed by atoms with Crippen molar-refractivity contribution in [1.82, 2.24) is 5.32 Å². The van der Waals surface area contributed by atoms with E-state index in [1.807, 2.05) is 0 Å². The standard InChI is InChI=1S/C14H21NO2/c1-4-15-9-11-7-13(16-2)14(17-3)8-12(11)10-5-6-10/h7-8,10,15H,4-6,9H2,1-3H3. The molecule has 94 valence electrons. The first-order valence-corrected chi connectivity index (χ1v) is 6.25. The van der Waals surface area contributed by atoms with E-state index >= 15 is 0 Å². The van der Waals surface area contributed by atoms with Gasteiger partial charge in [-0.05, 0) is 48.6 Å². The van der Waals surface area contributed by atoms with Gasteiger partial charge in [0.05, 0.1) is 14.2 Å². The predicted octanol–water partition coefficient (Wildman–Crippen LogP) is 2.69. The van der Waals surface area contributed by atoms with Gasteiger partial charge in [-0.2, -0.15) is 0 Å². The molecule has 1 saturated carbocycles. The van der Waals surface area contributed by atoms with E-state index in [0.717, 1.165) is 30.5 Å². The Hall–Kier alpha value is -1.22. The minimum absolute atomic E-state index is 0.725. The van der Waals surface area contributed by atoms with Gasteiger partial charge < -0.3 is 14.8 Å². The quantitative estimate of drug-likeness (QED) is 0.822. The van der Waals surface area contributed by atoms with Crippen LogP contribution >= 0.6 is 0 Å². The van der Waals surface area contributed by atoms with Gasteiger partial charge in [0, 0.05) is 6.54 Å². The van der Waals surface area contributed by atoms with Crippen molar-refractivity contribution in [2.24, 2.45) is 0 Å². The summed E-state index contributed by atoms with van der Waals surface area (Å²) in [4.78, 5) is 0. The maximum atomic E-state index is 5.37. The van der Waals surface area contributed by atoms with Gasteiger partial charge in [-0.15, -0.1) is 0 Å². The fraction of sp³-hybridized carbons (Fsp3) is 0.571. The van der Waals surface area contributed by atoms with Gasteiger partial charge in [-0.25, -0.2) is 0 Å². The van der Waals surface area contributed by atoms with Gasteiger partial charge in [0.25, 0.3) is 0 Å². The number of ether oxygens (including phenoxy) is 2. The van der Waals surface area contributed by atoms with Crippen LogP contribution in [0.15, 0.2) is 12.1 Å². The summed E-state index contributed by atoms with van der Waals surface area (Å²) >= 11 is 0. The van der Waals surface area contributed by atoms with Crippen LogP contribution in [0.5, 0.6) is 11.5 Å². The number of hydrogen-bond acceptors (Lipinski definition) is 3. The molecule has 0 aliphatic heterocycles. The summed E-state index contributed by atoms with van der Waals surface area (Å²) in [6.45, 7) is 4.01. The molecule has 0 radical (unpaired) electrons. The van der Waals surface area contributed by atoms with Gasteiger partial charge in [0.2, 0.25) is 0 Å². The lowest BCUT2D eigenvalue weighted by molar-refractivity contribution is 0.354. The molecule has 3 nitrogen and oxygen atoms in total. The second-order valence-electron chi connectivity index (χ2n) is 4.46. The average molecular weight is 235 g/mol. The number of nitrogens with one attached hydrogen (secondary N) is 1. The Balaban J connectivity index is 2.32. The van der Waals surface area contributed by atoms with Crippen LogP contribution in [0.25, 0.3) is 0 Å². The summed E-state index contributed by atoms with van der Waals surface area (Å²) in [6, 6.07) is 4.25. The third-order valence-corrected chi connectivity index (χ3v) is 3.23. The van der Waals surface area contributed by atoms with E-state index in [1.54, 1.807) is 14.2 Å². The van der Waals surface area contributed by atoms with Crippen molar-refractivity contribution < 1.29 is 9.47 Å². The van der Waals surface area contributed by atoms with E-state index in [4.69, 9.17) is 9.47 Å². The first kappa shape index (κ1) is 12.2. The molecular weight excluding hydrogens is 214 g/mol. The third kappa shape index (κ3) is 2.72. The Morgan fingerprint density at radius 1 is 1.18 bits per heavy atom. The minimum atomic E-state index is 0.725. The summed E-state index contributed by atoms with van der Waals surface area (Å²) < 4.78 is 10.7. The van der Waals surface area contributed by atoms with Gasteiger partial charge >= 0.3 is 0 Å². The summed E-state index contributed by atoms with van der Waals surface area (Å²) in [7, 11) is 3.38. The van der Waals surface area contributed by atoms with E-state index in [1.165, 1.54) is 24.0 Å². The highest BCUT2D eigenvalue weighted by Crippen LogP contribution is 2.45. The molecule has 0 saturated heterocycles. The van der Waals surface area contributed by atoms with Crippen LogP contribution in [0.2, 0.25) is 0 Å². The first-order valence-electron chi connectivity index (χ1n) is 6.25. The van der Waals surface area contributed by atoms with E-state index in [9.17, 15) is 0 Å². The van der Waals surface area contributed by atoms with Crippen LogP contribution in [0.3, 0.4) is 0 Å². The molecule has 0 aromatic heterocycles. The van der Waals surface area contributed by atoms with Gasteiger partial charge in [-0.3, -0.25) is 0 Å². The SMILES string of the molecule is CCNCc1cc(OC)c(OC)cc1C1CC1. The zero-order valence-corrected chi connectivity index (χ0v) is 10.9. The second kappa shape index (κ2) is 5.41. The molecule has 0 unspecified atom stereocenters. The fourth-order valence-electron chi connectivity index (χ4n) is 2.12. The highest BCUT2D eigenvalue weighted by atomic mass is 16.5. The normalized spacial score (nSPS) is 14.8. The molecule has 0 heterocycles. The topological polar surface area (TPSA) is 30.5 Å². The van der Waals surface area contributed by atoms with Crippen molar-refractivity contribution in [2.45, 2.75) is 32.2 Å². The molecule has 0 amide bonds. The Morgan fingerprint density at radius 2 is 1.82 bits per heavy atom. The van der Waals surface area contributed by atoms with Crippen molar-refractivity contribution in [3.8, 4) is 11.5 Å². The van der Waals surface area contributed by atoms with Crippen LogP contribution in [0.4, 0.5) is 0 Å². The molecule has 2 rings (SSSR count). The maximum absolute atomic E-state index is 5.37. The van der Waals surface area contributed by atoms with Crippen LogP contribution in [-0.2, 0) is 6.54 Å². The summed E-state index contributed by atoms with van der Waals surface area (Å²) in [6.07, 6.45) is 2.60. The molecular formula is C14H21NO2. The zero-order valence-electron chi connectivity index (χ0n) is 10.9. The summed E-state index contributed by atoms with van der Waals surface area (Å²) in [5.41, 5.74) is 2.76. The van der Waals surface area contributed by atoms with E-state index in [0.29, 0.717) is 0 Å². The number of hydrogen-bond donors (Lipinski definition) is 1. The Morgan fingerprint density at radius 3 is 2.35 bits per heavy atom. The van der Waals surface area contributed by atoms with Gasteiger partial charge in [-0.1, -0.05) is 6.92 Å². The average Bonchev–Trinajstić information content (AvgIpc) is 3.19. The molecule has 1 aliphatic carbocycles. The lowest BCUT2D eigenvalue weighted by Gasteiger charge is -2.15. The molecule has 3 heteroatoms. The summed E-state index contributed by atoms with van der Waals surface area (Å²) in [5, 5.41) is 3.38. The third-order valence-electron chi connectivity index (χ3n) is 3.23. The van der Waals surface area contributed by atoms with Crippen molar-refractivity contribution >= 4 is 0 Å². The van der Waals surface area contributed by atoms with Crippen LogP contribution in [0, 0.1) is 0 Å². The maximum Gasteiger partial charge on any atom is 0.161 e. The Labute approximate surface area is 103 Å². The van der Waals surface area contributed by atoms with Crippen LogP contribution in [0.1, 0.15) is 36.8 Å². The van der Waals surface area contributed by atoms with Crippen molar-refractivity contribution in [3.05, 3.63) is 23.3 Å². The highest BCUT2D eigenvalue weighted by Gasteiger charge is 2.27. The van der Waals surface area contributed by atoms with Crippen LogP contribution < -0.4 is 14.8 Å².